The van der Waals surface area contributed by atoms with Gasteiger partial charge in [0.25, 0.3) is 0 Å². The predicted octanol–water partition coefficient (Wildman–Crippen LogP) is 12.2. The summed E-state index contributed by atoms with van der Waals surface area (Å²) in [6.07, 6.45) is 0. The molecule has 0 aliphatic carbocycles. The fraction of sp³-hybridized carbons (Fsp3) is 0.0182. The molecule has 1 nitrogen and oxygen atoms in total. The molecule has 0 bridgehead atoms. The lowest BCUT2D eigenvalue weighted by Gasteiger charge is -2.48. The van der Waals surface area contributed by atoms with Gasteiger partial charge in [0.2, 0.25) is 0 Å². The quantitative estimate of drug-likeness (QED) is 0.155. The highest BCUT2D eigenvalue weighted by Crippen LogP contribution is 2.56. The first-order chi connectivity index (χ1) is 28.8. The van der Waals surface area contributed by atoms with Crippen molar-refractivity contribution >= 4 is 53.2 Å². The highest BCUT2D eigenvalue weighted by Gasteiger charge is 2.50. The molecule has 1 radical (unpaired) electrons. The maximum atomic E-state index is 2.54. The van der Waals surface area contributed by atoms with Gasteiger partial charge in [-0.05, 0) is 109 Å². The van der Waals surface area contributed by atoms with Crippen LogP contribution >= 0.6 is 11.8 Å². The van der Waals surface area contributed by atoms with Crippen LogP contribution in [0.25, 0.3) is 22.3 Å². The SMILES string of the molecule is c1ccc(-c2ccc(N(c3ccccc3)c3ccc(-c4ccc5c(c4)C4(c6ccccc6Sc6ccccc64)c4ccccc4[Si]5c4ccccc4)cc3)cc2)cc1. The molecule has 0 unspecified atom stereocenters. The van der Waals surface area contributed by atoms with Crippen LogP contribution in [0.15, 0.2) is 240 Å². The number of fused-ring (bicyclic) bond motifs is 8. The minimum atomic E-state index is -1.33. The smallest absolute Gasteiger partial charge is 0.155 e. The van der Waals surface area contributed by atoms with E-state index in [1.165, 1.54) is 69.9 Å². The fourth-order valence-electron chi connectivity index (χ4n) is 9.32. The topological polar surface area (TPSA) is 3.24 Å². The Bertz CT molecular complexity index is 2860. The molecule has 2 aliphatic heterocycles. The van der Waals surface area contributed by atoms with E-state index < -0.39 is 14.2 Å². The summed E-state index contributed by atoms with van der Waals surface area (Å²) < 4.78 is 0. The molecular weight excluding hydrogens is 735 g/mol. The molecule has 11 rings (SSSR count). The monoisotopic (exact) mass is 772 g/mol. The van der Waals surface area contributed by atoms with Crippen molar-refractivity contribution in [1.29, 1.82) is 0 Å². The summed E-state index contributed by atoms with van der Waals surface area (Å²) in [4.78, 5) is 4.99. The number of para-hydroxylation sites is 1. The summed E-state index contributed by atoms with van der Waals surface area (Å²) in [7, 11) is -1.33. The molecule has 273 valence electrons. The summed E-state index contributed by atoms with van der Waals surface area (Å²) in [5.41, 5.74) is 13.3. The first-order valence-electron chi connectivity index (χ1n) is 19.9. The van der Waals surface area contributed by atoms with Crippen LogP contribution in [0.2, 0.25) is 0 Å². The number of hydrogen-bond donors (Lipinski definition) is 0. The van der Waals surface area contributed by atoms with Crippen LogP contribution in [-0.2, 0) is 5.41 Å². The van der Waals surface area contributed by atoms with Crippen molar-refractivity contribution in [1.82, 2.24) is 0 Å². The van der Waals surface area contributed by atoms with E-state index in [1.807, 2.05) is 11.8 Å². The highest BCUT2D eigenvalue weighted by atomic mass is 32.2. The summed E-state index contributed by atoms with van der Waals surface area (Å²) in [5.74, 6) is 0. The van der Waals surface area contributed by atoms with Crippen molar-refractivity contribution in [3.8, 4) is 22.3 Å². The number of nitrogens with zero attached hydrogens (tertiary/aromatic N) is 1. The van der Waals surface area contributed by atoms with E-state index in [4.69, 9.17) is 0 Å². The van der Waals surface area contributed by atoms with Gasteiger partial charge in [-0.25, -0.2) is 0 Å². The second-order valence-corrected chi connectivity index (χ2v) is 18.5. The van der Waals surface area contributed by atoms with Crippen molar-refractivity contribution in [2.24, 2.45) is 0 Å². The van der Waals surface area contributed by atoms with Crippen LogP contribution in [0, 0.1) is 0 Å². The highest BCUT2D eigenvalue weighted by molar-refractivity contribution is 7.99. The van der Waals surface area contributed by atoms with Crippen LogP contribution in [0.5, 0.6) is 0 Å². The van der Waals surface area contributed by atoms with Gasteiger partial charge in [-0.3, -0.25) is 0 Å². The molecule has 9 aromatic carbocycles. The summed E-state index contributed by atoms with van der Waals surface area (Å²) >= 11 is 1.90. The molecule has 0 atom stereocenters. The maximum Gasteiger partial charge on any atom is 0.155 e. The second-order valence-electron chi connectivity index (χ2n) is 15.0. The lowest BCUT2D eigenvalue weighted by molar-refractivity contribution is 0.708. The van der Waals surface area contributed by atoms with Gasteiger partial charge < -0.3 is 4.90 Å². The van der Waals surface area contributed by atoms with Crippen LogP contribution < -0.4 is 20.5 Å². The van der Waals surface area contributed by atoms with Gasteiger partial charge in [0.15, 0.2) is 8.80 Å². The molecule has 3 heteroatoms. The fourth-order valence-corrected chi connectivity index (χ4v) is 13.5. The summed E-state index contributed by atoms with van der Waals surface area (Å²) in [6, 6.07) is 85.5. The lowest BCUT2D eigenvalue weighted by atomic mass is 9.64. The predicted molar refractivity (Wildman–Crippen MR) is 246 cm³/mol. The molecule has 9 aromatic rings. The van der Waals surface area contributed by atoms with Crippen LogP contribution in [-0.4, -0.2) is 8.80 Å². The largest absolute Gasteiger partial charge is 0.311 e. The Kier molecular flexibility index (Phi) is 8.57. The molecule has 0 saturated heterocycles. The van der Waals surface area contributed by atoms with E-state index in [2.05, 4.69) is 235 Å². The van der Waals surface area contributed by atoms with Crippen molar-refractivity contribution in [2.45, 2.75) is 15.2 Å². The maximum absolute atomic E-state index is 2.54. The Hall–Kier alpha value is -6.65. The average Bonchev–Trinajstić information content (AvgIpc) is 3.30. The van der Waals surface area contributed by atoms with E-state index in [0.29, 0.717) is 0 Å². The number of hydrogen-bond acceptors (Lipinski definition) is 2. The first kappa shape index (κ1) is 34.6. The number of rotatable bonds is 6. The number of anilines is 3. The third-order valence-electron chi connectivity index (χ3n) is 11.9. The van der Waals surface area contributed by atoms with Crippen molar-refractivity contribution in [2.75, 3.05) is 4.90 Å². The average molecular weight is 773 g/mol. The molecule has 0 amide bonds. The first-order valence-corrected chi connectivity index (χ1v) is 22.2. The second kappa shape index (κ2) is 14.4. The zero-order valence-electron chi connectivity index (χ0n) is 31.8. The van der Waals surface area contributed by atoms with E-state index in [1.54, 1.807) is 0 Å². The molecule has 0 saturated carbocycles. The van der Waals surface area contributed by atoms with E-state index in [-0.39, 0.29) is 0 Å². The minimum absolute atomic E-state index is 0.459. The lowest BCUT2D eigenvalue weighted by Crippen LogP contribution is -2.62. The molecule has 2 aliphatic rings. The molecule has 1 spiro atoms. The molecule has 58 heavy (non-hydrogen) atoms. The molecule has 2 heterocycles. The Balaban J connectivity index is 1.08. The van der Waals surface area contributed by atoms with E-state index in [9.17, 15) is 0 Å². The third-order valence-corrected chi connectivity index (χ3v) is 15.9. The Labute approximate surface area is 346 Å². The van der Waals surface area contributed by atoms with Crippen LogP contribution in [0.1, 0.15) is 22.3 Å². The normalized spacial score (nSPS) is 13.5. The van der Waals surface area contributed by atoms with Gasteiger partial charge in [0, 0.05) is 26.9 Å². The van der Waals surface area contributed by atoms with E-state index >= 15 is 0 Å². The molecular formula is C55H38NSSi. The van der Waals surface area contributed by atoms with Crippen molar-refractivity contribution < 1.29 is 0 Å². The van der Waals surface area contributed by atoms with Gasteiger partial charge in [-0.15, -0.1) is 0 Å². The Morgan fingerprint density at radius 2 is 0.759 bits per heavy atom. The van der Waals surface area contributed by atoms with Gasteiger partial charge in [0.05, 0.1) is 5.41 Å². The zero-order chi connectivity index (χ0) is 38.5. The van der Waals surface area contributed by atoms with Gasteiger partial charge >= 0.3 is 0 Å². The molecule has 0 fully saturated rings. The molecule has 0 aromatic heterocycles. The third kappa shape index (κ3) is 5.61. The van der Waals surface area contributed by atoms with Crippen LogP contribution in [0.3, 0.4) is 0 Å². The van der Waals surface area contributed by atoms with Crippen LogP contribution in [0.4, 0.5) is 17.1 Å². The number of benzene rings is 9. The standard InChI is InChI=1S/C55H38NSSi/c1-4-16-39(17-5-1)40-28-33-44(34-29-40)56(43-18-6-2-7-19-43)45-35-30-41(31-36-45)42-32-37-54-50(38-42)55(47-22-10-13-25-51(47)57-52-26-14-11-23-48(52)55)49-24-12-15-27-53(49)58(54)46-20-8-3-9-21-46/h1-38H. The van der Waals surface area contributed by atoms with Gasteiger partial charge in [-0.2, -0.15) is 0 Å². The zero-order valence-corrected chi connectivity index (χ0v) is 33.6. The summed E-state index contributed by atoms with van der Waals surface area (Å²) in [5, 5.41) is 4.34. The summed E-state index contributed by atoms with van der Waals surface area (Å²) in [6.45, 7) is 0. The Morgan fingerprint density at radius 1 is 0.328 bits per heavy atom. The van der Waals surface area contributed by atoms with Crippen molar-refractivity contribution in [3.63, 3.8) is 0 Å². The van der Waals surface area contributed by atoms with Crippen molar-refractivity contribution in [3.05, 3.63) is 253 Å². The minimum Gasteiger partial charge on any atom is -0.311 e. The Morgan fingerprint density at radius 3 is 1.38 bits per heavy atom. The van der Waals surface area contributed by atoms with Gasteiger partial charge in [0.1, 0.15) is 0 Å². The van der Waals surface area contributed by atoms with E-state index in [0.717, 1.165) is 17.1 Å². The van der Waals surface area contributed by atoms with Gasteiger partial charge in [-0.1, -0.05) is 193 Å². The molecule has 0 N–H and O–H groups in total.